The number of amides is 1. The first-order valence-electron chi connectivity index (χ1n) is 5.23. The van der Waals surface area contributed by atoms with E-state index < -0.39 is 5.54 Å². The van der Waals surface area contributed by atoms with Crippen molar-refractivity contribution in [2.45, 2.75) is 24.3 Å². The van der Waals surface area contributed by atoms with Crippen LogP contribution in [0.1, 0.15) is 13.8 Å². The van der Waals surface area contributed by atoms with Crippen molar-refractivity contribution in [2.75, 3.05) is 12.4 Å². The van der Waals surface area contributed by atoms with Crippen LogP contribution in [0.2, 0.25) is 0 Å². The summed E-state index contributed by atoms with van der Waals surface area (Å²) in [7, 11) is 0. The fourth-order valence-corrected chi connectivity index (χ4v) is 1.83. The summed E-state index contributed by atoms with van der Waals surface area (Å²) in [6.07, 6.45) is 0. The van der Waals surface area contributed by atoms with Crippen molar-refractivity contribution in [2.24, 2.45) is 0 Å². The molecule has 5 heteroatoms. The third-order valence-electron chi connectivity index (χ3n) is 2.06. The molecule has 17 heavy (non-hydrogen) atoms. The summed E-state index contributed by atoms with van der Waals surface area (Å²) in [6, 6.07) is 5.98. The summed E-state index contributed by atoms with van der Waals surface area (Å²) in [4.78, 5) is 12.4. The standard InChI is InChI=1S/C12H16FNO2S/c1-12(2,8-15)14-11(16)7-17-10-5-3-9(13)4-6-10/h3-6,15H,7-8H2,1-2H3,(H,14,16). The second kappa shape index (κ2) is 6.02. The van der Waals surface area contributed by atoms with Gasteiger partial charge in [-0.3, -0.25) is 4.79 Å². The lowest BCUT2D eigenvalue weighted by molar-refractivity contribution is -0.120. The number of rotatable bonds is 5. The number of thioether (sulfide) groups is 1. The summed E-state index contributed by atoms with van der Waals surface area (Å²) in [5, 5.41) is 11.7. The van der Waals surface area contributed by atoms with Gasteiger partial charge in [0.2, 0.25) is 5.91 Å². The molecule has 0 bridgehead atoms. The van der Waals surface area contributed by atoms with Gasteiger partial charge >= 0.3 is 0 Å². The van der Waals surface area contributed by atoms with Crippen LogP contribution < -0.4 is 5.32 Å². The Morgan fingerprint density at radius 3 is 2.53 bits per heavy atom. The van der Waals surface area contributed by atoms with Gasteiger partial charge in [0.15, 0.2) is 0 Å². The zero-order valence-electron chi connectivity index (χ0n) is 9.87. The predicted molar refractivity (Wildman–Crippen MR) is 66.4 cm³/mol. The number of aliphatic hydroxyl groups excluding tert-OH is 1. The average molecular weight is 257 g/mol. The fraction of sp³-hybridized carbons (Fsp3) is 0.417. The Hall–Kier alpha value is -1.07. The zero-order valence-corrected chi connectivity index (χ0v) is 10.7. The van der Waals surface area contributed by atoms with Crippen LogP contribution in [0.3, 0.4) is 0 Å². The quantitative estimate of drug-likeness (QED) is 0.791. The number of hydrogen-bond donors (Lipinski definition) is 2. The van der Waals surface area contributed by atoms with Crippen LogP contribution in [0.15, 0.2) is 29.2 Å². The van der Waals surface area contributed by atoms with Crippen LogP contribution in [0.25, 0.3) is 0 Å². The second-order valence-corrected chi connectivity index (χ2v) is 5.38. The normalized spacial score (nSPS) is 11.3. The van der Waals surface area contributed by atoms with E-state index in [1.807, 2.05) is 0 Å². The molecule has 0 heterocycles. The summed E-state index contributed by atoms with van der Waals surface area (Å²) in [5.74, 6) is -0.201. The molecule has 0 aliphatic rings. The van der Waals surface area contributed by atoms with Crippen molar-refractivity contribution in [1.29, 1.82) is 0 Å². The topological polar surface area (TPSA) is 49.3 Å². The van der Waals surface area contributed by atoms with E-state index >= 15 is 0 Å². The van der Waals surface area contributed by atoms with Crippen molar-refractivity contribution in [3.63, 3.8) is 0 Å². The van der Waals surface area contributed by atoms with Crippen LogP contribution in [0.4, 0.5) is 4.39 Å². The van der Waals surface area contributed by atoms with Crippen molar-refractivity contribution in [3.8, 4) is 0 Å². The molecule has 0 atom stereocenters. The summed E-state index contributed by atoms with van der Waals surface area (Å²) in [6.45, 7) is 3.38. The van der Waals surface area contributed by atoms with Gasteiger partial charge in [-0.2, -0.15) is 0 Å². The molecule has 0 radical (unpaired) electrons. The van der Waals surface area contributed by atoms with E-state index in [9.17, 15) is 9.18 Å². The lowest BCUT2D eigenvalue weighted by Gasteiger charge is -2.23. The van der Waals surface area contributed by atoms with Gasteiger partial charge in [-0.25, -0.2) is 4.39 Å². The van der Waals surface area contributed by atoms with Crippen LogP contribution in [-0.4, -0.2) is 28.9 Å². The van der Waals surface area contributed by atoms with E-state index in [1.165, 1.54) is 23.9 Å². The Balaban J connectivity index is 2.41. The molecule has 1 aromatic carbocycles. The number of benzene rings is 1. The van der Waals surface area contributed by atoms with Gasteiger partial charge in [-0.15, -0.1) is 11.8 Å². The molecule has 1 rings (SSSR count). The maximum atomic E-state index is 12.6. The van der Waals surface area contributed by atoms with Crippen LogP contribution in [0.5, 0.6) is 0 Å². The first kappa shape index (κ1) is 14.0. The van der Waals surface area contributed by atoms with Gasteiger partial charge in [-0.05, 0) is 38.1 Å². The summed E-state index contributed by atoms with van der Waals surface area (Å²) in [5.41, 5.74) is -0.611. The molecule has 94 valence electrons. The lowest BCUT2D eigenvalue weighted by atomic mass is 10.1. The molecule has 1 aromatic rings. The smallest absolute Gasteiger partial charge is 0.230 e. The average Bonchev–Trinajstić information content (AvgIpc) is 2.28. The Kier molecular flexibility index (Phi) is 4.96. The van der Waals surface area contributed by atoms with E-state index in [0.717, 1.165) is 4.90 Å². The molecule has 0 fully saturated rings. The largest absolute Gasteiger partial charge is 0.394 e. The van der Waals surface area contributed by atoms with Crippen molar-refractivity contribution in [3.05, 3.63) is 30.1 Å². The monoisotopic (exact) mass is 257 g/mol. The van der Waals surface area contributed by atoms with E-state index in [1.54, 1.807) is 26.0 Å². The predicted octanol–water partition coefficient (Wildman–Crippen LogP) is 1.80. The van der Waals surface area contributed by atoms with Crippen molar-refractivity contribution >= 4 is 17.7 Å². The van der Waals surface area contributed by atoms with Gasteiger partial charge in [0.1, 0.15) is 5.82 Å². The van der Waals surface area contributed by atoms with E-state index in [0.29, 0.717) is 0 Å². The second-order valence-electron chi connectivity index (χ2n) is 4.33. The van der Waals surface area contributed by atoms with Gasteiger partial charge in [-0.1, -0.05) is 0 Å². The van der Waals surface area contributed by atoms with E-state index in [-0.39, 0.29) is 24.1 Å². The van der Waals surface area contributed by atoms with Crippen LogP contribution >= 0.6 is 11.8 Å². The molecule has 0 aliphatic carbocycles. The number of hydrogen-bond acceptors (Lipinski definition) is 3. The molecule has 0 aromatic heterocycles. The maximum absolute atomic E-state index is 12.6. The van der Waals surface area contributed by atoms with Crippen LogP contribution in [0, 0.1) is 5.82 Å². The minimum absolute atomic E-state index is 0.111. The molecule has 0 saturated heterocycles. The minimum atomic E-state index is -0.611. The number of carbonyl (C=O) groups is 1. The molecule has 3 nitrogen and oxygen atoms in total. The molecule has 0 aliphatic heterocycles. The number of halogens is 1. The van der Waals surface area contributed by atoms with E-state index in [2.05, 4.69) is 5.32 Å². The molecule has 1 amide bonds. The third kappa shape index (κ3) is 5.19. The number of aliphatic hydroxyl groups is 1. The summed E-state index contributed by atoms with van der Waals surface area (Å²) < 4.78 is 12.6. The van der Waals surface area contributed by atoms with Crippen LogP contribution in [-0.2, 0) is 4.79 Å². The zero-order chi connectivity index (χ0) is 12.9. The Labute approximate surface area is 104 Å². The highest BCUT2D eigenvalue weighted by Crippen LogP contribution is 2.17. The molecule has 0 unspecified atom stereocenters. The number of nitrogens with one attached hydrogen (secondary N) is 1. The maximum Gasteiger partial charge on any atom is 0.230 e. The van der Waals surface area contributed by atoms with Gasteiger partial charge < -0.3 is 10.4 Å². The molecule has 2 N–H and O–H groups in total. The Morgan fingerprint density at radius 2 is 2.00 bits per heavy atom. The van der Waals surface area contributed by atoms with Crippen molar-refractivity contribution < 1.29 is 14.3 Å². The first-order valence-corrected chi connectivity index (χ1v) is 6.22. The lowest BCUT2D eigenvalue weighted by Crippen LogP contribution is -2.47. The highest BCUT2D eigenvalue weighted by Gasteiger charge is 2.18. The van der Waals surface area contributed by atoms with Gasteiger partial charge in [0, 0.05) is 4.90 Å². The molecular weight excluding hydrogens is 241 g/mol. The molecule has 0 spiro atoms. The van der Waals surface area contributed by atoms with Gasteiger partial charge in [0.25, 0.3) is 0 Å². The first-order chi connectivity index (χ1) is 7.93. The van der Waals surface area contributed by atoms with Gasteiger partial charge in [0.05, 0.1) is 17.9 Å². The SMILES string of the molecule is CC(C)(CO)NC(=O)CSc1ccc(F)cc1. The Bertz CT molecular complexity index is 379. The highest BCUT2D eigenvalue weighted by molar-refractivity contribution is 8.00. The number of carbonyl (C=O) groups excluding carboxylic acids is 1. The molecule has 0 saturated carbocycles. The summed E-state index contributed by atoms with van der Waals surface area (Å²) >= 11 is 1.33. The molecular formula is C12H16FNO2S. The fourth-order valence-electron chi connectivity index (χ4n) is 1.13. The minimum Gasteiger partial charge on any atom is -0.394 e. The van der Waals surface area contributed by atoms with Crippen molar-refractivity contribution in [1.82, 2.24) is 5.32 Å². The Morgan fingerprint density at radius 1 is 1.41 bits per heavy atom. The highest BCUT2D eigenvalue weighted by atomic mass is 32.2. The third-order valence-corrected chi connectivity index (χ3v) is 3.07. The van der Waals surface area contributed by atoms with E-state index in [4.69, 9.17) is 5.11 Å².